The molecule has 0 saturated heterocycles. The van der Waals surface area contributed by atoms with Crippen LogP contribution in [0.3, 0.4) is 0 Å². The molecule has 0 spiro atoms. The molecule has 0 fully saturated rings. The number of rotatable bonds is 6. The Bertz CT molecular complexity index is 1220. The predicted molar refractivity (Wildman–Crippen MR) is 116 cm³/mol. The van der Waals surface area contributed by atoms with Gasteiger partial charge in [-0.2, -0.15) is 0 Å². The molecule has 7 heteroatoms. The number of carbonyl (C=O) groups excluding carboxylic acids is 2. The largest absolute Gasteiger partial charge is 0.465 e. The predicted octanol–water partition coefficient (Wildman–Crippen LogP) is 5.64. The maximum absolute atomic E-state index is 13.0. The number of esters is 2. The van der Waals surface area contributed by atoms with Gasteiger partial charge in [0.25, 0.3) is 0 Å². The summed E-state index contributed by atoms with van der Waals surface area (Å²) >= 11 is 5.98. The number of ether oxygens (including phenoxy) is 2. The minimum atomic E-state index is -0.510. The number of carbonyl (C=O) groups is 2. The highest BCUT2D eigenvalue weighted by Gasteiger charge is 2.21. The van der Waals surface area contributed by atoms with E-state index in [-0.39, 0.29) is 0 Å². The van der Waals surface area contributed by atoms with Gasteiger partial charge in [-0.3, -0.25) is 0 Å². The first kappa shape index (κ1) is 20.8. The lowest BCUT2D eigenvalue weighted by molar-refractivity contribution is 0.0325. The summed E-state index contributed by atoms with van der Waals surface area (Å²) in [7, 11) is 1.33. The summed E-state index contributed by atoms with van der Waals surface area (Å²) in [5, 5.41) is 0.649. The number of methoxy groups -OCH3 is 1. The van der Waals surface area contributed by atoms with Crippen molar-refractivity contribution >= 4 is 34.6 Å². The van der Waals surface area contributed by atoms with E-state index in [2.05, 4.69) is 0 Å². The van der Waals surface area contributed by atoms with E-state index in [1.165, 1.54) is 7.11 Å². The van der Waals surface area contributed by atoms with Crippen LogP contribution >= 0.6 is 11.6 Å². The Hall–Kier alpha value is -3.51. The molecule has 0 aliphatic carbocycles. The molecule has 0 aliphatic rings. The summed E-state index contributed by atoms with van der Waals surface area (Å²) < 4.78 is 17.8. The van der Waals surface area contributed by atoms with E-state index in [4.69, 9.17) is 25.5 Å². The van der Waals surface area contributed by atoms with E-state index in [9.17, 15) is 9.59 Å². The fraction of sp³-hybridized carbons (Fsp3) is 0.167. The molecule has 2 aromatic carbocycles. The van der Waals surface area contributed by atoms with Crippen molar-refractivity contribution in [2.24, 2.45) is 0 Å². The Morgan fingerprint density at radius 1 is 1.03 bits per heavy atom. The van der Waals surface area contributed by atoms with Crippen LogP contribution in [-0.4, -0.2) is 23.6 Å². The first-order valence-electron chi connectivity index (χ1n) is 9.66. The number of aromatic nitrogens is 1. The average Bonchev–Trinajstić information content (AvgIpc) is 3.37. The lowest BCUT2D eigenvalue weighted by atomic mass is 10.1. The third-order valence-electron chi connectivity index (χ3n) is 5.07. The molecule has 0 aliphatic heterocycles. The van der Waals surface area contributed by atoms with Crippen molar-refractivity contribution < 1.29 is 23.5 Å². The van der Waals surface area contributed by atoms with Crippen LogP contribution in [0.1, 0.15) is 45.0 Å². The van der Waals surface area contributed by atoms with E-state index >= 15 is 0 Å². The van der Waals surface area contributed by atoms with Crippen molar-refractivity contribution in [2.75, 3.05) is 7.11 Å². The molecule has 0 N–H and O–H groups in total. The van der Waals surface area contributed by atoms with Gasteiger partial charge < -0.3 is 18.5 Å². The zero-order valence-electron chi connectivity index (χ0n) is 17.0. The average molecular weight is 438 g/mol. The van der Waals surface area contributed by atoms with Gasteiger partial charge in [0.05, 0.1) is 24.5 Å². The molecular formula is C24H20ClNO5. The molecule has 0 saturated carbocycles. The van der Waals surface area contributed by atoms with Crippen molar-refractivity contribution in [3.63, 3.8) is 0 Å². The number of halogens is 1. The van der Waals surface area contributed by atoms with Crippen LogP contribution in [0, 0.1) is 0 Å². The molecular weight excluding hydrogens is 418 g/mol. The Morgan fingerprint density at radius 3 is 2.42 bits per heavy atom. The minimum absolute atomic E-state index is 0.391. The summed E-state index contributed by atoms with van der Waals surface area (Å²) in [6.45, 7) is 2.24. The fourth-order valence-electron chi connectivity index (χ4n) is 3.39. The molecule has 6 nitrogen and oxygen atoms in total. The highest BCUT2D eigenvalue weighted by atomic mass is 35.5. The number of nitrogens with zero attached hydrogens (tertiary/aromatic N) is 1. The van der Waals surface area contributed by atoms with E-state index in [1.54, 1.807) is 43.5 Å². The van der Waals surface area contributed by atoms with E-state index < -0.39 is 18.0 Å². The third kappa shape index (κ3) is 4.34. The lowest BCUT2D eigenvalue weighted by Gasteiger charge is -2.15. The summed E-state index contributed by atoms with van der Waals surface area (Å²) in [6.07, 6.45) is 1.08. The Labute approximate surface area is 183 Å². The second-order valence-electron chi connectivity index (χ2n) is 7.07. The summed E-state index contributed by atoms with van der Waals surface area (Å²) in [5.41, 5.74) is 3.99. The molecule has 0 bridgehead atoms. The van der Waals surface area contributed by atoms with E-state index in [0.717, 1.165) is 16.6 Å². The summed E-state index contributed by atoms with van der Waals surface area (Å²) in [6, 6.07) is 17.7. The van der Waals surface area contributed by atoms with E-state index in [1.807, 2.05) is 34.9 Å². The quantitative estimate of drug-likeness (QED) is 0.365. The number of fused-ring (bicyclic) bond motifs is 1. The molecule has 0 radical (unpaired) electrons. The number of hydrogen-bond donors (Lipinski definition) is 0. The van der Waals surface area contributed by atoms with Crippen LogP contribution in [0.25, 0.3) is 11.1 Å². The lowest BCUT2D eigenvalue weighted by Crippen LogP contribution is -2.15. The standard InChI is InChI=1S/C24H20ClNO5/c1-15(17-5-7-18(8-6-17)23(27)29-2)31-24(28)21-13-22-20(11-12-30-22)26(21)14-16-3-9-19(25)10-4-16/h3-13,15H,14H2,1-2H3/t15-/m0/s1. The van der Waals surface area contributed by atoms with Crippen molar-refractivity contribution in [1.82, 2.24) is 4.57 Å². The van der Waals surface area contributed by atoms with Crippen LogP contribution in [0.5, 0.6) is 0 Å². The molecule has 2 aromatic heterocycles. The van der Waals surface area contributed by atoms with Crippen LogP contribution in [-0.2, 0) is 16.0 Å². The van der Waals surface area contributed by atoms with Gasteiger partial charge in [-0.1, -0.05) is 35.9 Å². The maximum atomic E-state index is 13.0. The monoisotopic (exact) mass is 437 g/mol. The van der Waals surface area contributed by atoms with Gasteiger partial charge in [-0.25, -0.2) is 9.59 Å². The van der Waals surface area contributed by atoms with Crippen molar-refractivity contribution in [3.05, 3.63) is 94.3 Å². The van der Waals surface area contributed by atoms with E-state index in [0.29, 0.717) is 28.4 Å². The molecule has 4 rings (SSSR count). The van der Waals surface area contributed by atoms with Gasteiger partial charge >= 0.3 is 11.9 Å². The first-order chi connectivity index (χ1) is 15.0. The molecule has 4 aromatic rings. The minimum Gasteiger partial charge on any atom is -0.465 e. The van der Waals surface area contributed by atoms with Crippen LogP contribution in [0.15, 0.2) is 71.3 Å². The van der Waals surface area contributed by atoms with Gasteiger partial charge in [-0.15, -0.1) is 0 Å². The molecule has 2 heterocycles. The smallest absolute Gasteiger partial charge is 0.355 e. The molecule has 1 atom stereocenters. The zero-order valence-corrected chi connectivity index (χ0v) is 17.8. The van der Waals surface area contributed by atoms with Crippen LogP contribution < -0.4 is 0 Å². The number of furan rings is 1. The van der Waals surface area contributed by atoms with Gasteiger partial charge in [-0.05, 0) is 42.3 Å². The van der Waals surface area contributed by atoms with Gasteiger partial charge in [0, 0.05) is 23.7 Å². The maximum Gasteiger partial charge on any atom is 0.355 e. The SMILES string of the molecule is COC(=O)c1ccc([C@H](C)OC(=O)c2cc3occc3n2Cc2ccc(Cl)cc2)cc1. The van der Waals surface area contributed by atoms with Gasteiger partial charge in [0.1, 0.15) is 11.8 Å². The van der Waals surface area contributed by atoms with Crippen LogP contribution in [0.4, 0.5) is 0 Å². The van der Waals surface area contributed by atoms with Gasteiger partial charge in [0.15, 0.2) is 5.58 Å². The fourth-order valence-corrected chi connectivity index (χ4v) is 3.51. The Kier molecular flexibility index (Phi) is 5.82. The van der Waals surface area contributed by atoms with Crippen molar-refractivity contribution in [1.29, 1.82) is 0 Å². The highest BCUT2D eigenvalue weighted by molar-refractivity contribution is 6.30. The molecule has 0 unspecified atom stereocenters. The Morgan fingerprint density at radius 2 is 1.74 bits per heavy atom. The first-order valence-corrected chi connectivity index (χ1v) is 10.0. The molecule has 31 heavy (non-hydrogen) atoms. The van der Waals surface area contributed by atoms with Crippen molar-refractivity contribution in [3.8, 4) is 0 Å². The summed E-state index contributed by atoms with van der Waals surface area (Å²) in [5.74, 6) is -0.885. The second kappa shape index (κ2) is 8.70. The topological polar surface area (TPSA) is 70.7 Å². The van der Waals surface area contributed by atoms with Crippen molar-refractivity contribution in [2.45, 2.75) is 19.6 Å². The summed E-state index contributed by atoms with van der Waals surface area (Å²) in [4.78, 5) is 24.6. The van der Waals surface area contributed by atoms with Crippen LogP contribution in [0.2, 0.25) is 5.02 Å². The molecule has 0 amide bonds. The highest BCUT2D eigenvalue weighted by Crippen LogP contribution is 2.26. The normalized spacial score (nSPS) is 12.0. The third-order valence-corrected chi connectivity index (χ3v) is 5.32. The number of hydrogen-bond acceptors (Lipinski definition) is 5. The van der Waals surface area contributed by atoms with Gasteiger partial charge in [0.2, 0.25) is 0 Å². The zero-order chi connectivity index (χ0) is 22.0. The number of benzene rings is 2. The Balaban J connectivity index is 1.56. The second-order valence-corrected chi connectivity index (χ2v) is 7.51. The molecule has 158 valence electrons.